The van der Waals surface area contributed by atoms with E-state index >= 15 is 0 Å². The van der Waals surface area contributed by atoms with Gasteiger partial charge in [-0.3, -0.25) is 0 Å². The quantitative estimate of drug-likeness (QED) is 0.836. The number of aromatic nitrogens is 3. The van der Waals surface area contributed by atoms with Crippen molar-refractivity contribution in [3.63, 3.8) is 0 Å². The van der Waals surface area contributed by atoms with Gasteiger partial charge in [0.05, 0.1) is 16.8 Å². The third kappa shape index (κ3) is 1.98. The van der Waals surface area contributed by atoms with Crippen LogP contribution in [0.5, 0.6) is 0 Å². The van der Waals surface area contributed by atoms with Gasteiger partial charge in [-0.15, -0.1) is 0 Å². The van der Waals surface area contributed by atoms with Gasteiger partial charge in [-0.25, -0.2) is 14.5 Å². The van der Waals surface area contributed by atoms with Gasteiger partial charge in [0, 0.05) is 0 Å². The van der Waals surface area contributed by atoms with Crippen LogP contribution in [-0.4, -0.2) is 14.8 Å². The monoisotopic (exact) mass is 254 g/mol. The lowest BCUT2D eigenvalue weighted by Crippen LogP contribution is -2.16. The van der Waals surface area contributed by atoms with Gasteiger partial charge < -0.3 is 0 Å². The van der Waals surface area contributed by atoms with Crippen LogP contribution in [0.1, 0.15) is 11.1 Å². The standard InChI is InChI=1S/C10H5F3N4O/c11-10(12,13)7-1-2-8(6(3-7)4-14)17-5-15-16-9(17)18/h1-3,5H,(H,16,18). The van der Waals surface area contributed by atoms with E-state index in [-0.39, 0.29) is 11.3 Å². The van der Waals surface area contributed by atoms with Crippen molar-refractivity contribution in [2.75, 3.05) is 0 Å². The molecule has 0 atom stereocenters. The molecule has 0 aliphatic heterocycles. The smallest absolute Gasteiger partial charge is 0.248 e. The fourth-order valence-electron chi connectivity index (χ4n) is 1.43. The van der Waals surface area contributed by atoms with Crippen LogP contribution in [0.15, 0.2) is 29.3 Å². The molecule has 2 rings (SSSR count). The molecule has 5 nitrogen and oxygen atoms in total. The van der Waals surface area contributed by atoms with Crippen LogP contribution >= 0.6 is 0 Å². The highest BCUT2D eigenvalue weighted by Gasteiger charge is 2.31. The summed E-state index contributed by atoms with van der Waals surface area (Å²) in [6.45, 7) is 0. The summed E-state index contributed by atoms with van der Waals surface area (Å²) in [4.78, 5) is 11.3. The SMILES string of the molecule is N#Cc1cc(C(F)(F)F)ccc1-n1cn[nH]c1=O. The van der Waals surface area contributed by atoms with Crippen LogP contribution in [-0.2, 0) is 6.18 Å². The third-order valence-corrected chi connectivity index (χ3v) is 2.26. The summed E-state index contributed by atoms with van der Waals surface area (Å²) in [5.74, 6) is 0. The summed E-state index contributed by atoms with van der Waals surface area (Å²) in [6.07, 6.45) is -3.45. The highest BCUT2D eigenvalue weighted by Crippen LogP contribution is 2.30. The Labute approximate surface area is 98.1 Å². The first kappa shape index (κ1) is 11.9. The molecule has 0 fully saturated rings. The van der Waals surface area contributed by atoms with Crippen molar-refractivity contribution in [1.82, 2.24) is 14.8 Å². The molecule has 0 amide bonds. The fourth-order valence-corrected chi connectivity index (χ4v) is 1.43. The molecule has 0 aliphatic rings. The second-order valence-corrected chi connectivity index (χ2v) is 3.37. The van der Waals surface area contributed by atoms with Crippen LogP contribution in [0.2, 0.25) is 0 Å². The summed E-state index contributed by atoms with van der Waals surface area (Å²) in [5, 5.41) is 14.4. The van der Waals surface area contributed by atoms with Crippen LogP contribution in [0.3, 0.4) is 0 Å². The van der Waals surface area contributed by atoms with Crippen LogP contribution in [0.4, 0.5) is 13.2 Å². The topological polar surface area (TPSA) is 74.5 Å². The third-order valence-electron chi connectivity index (χ3n) is 2.26. The van der Waals surface area contributed by atoms with E-state index in [1.54, 1.807) is 6.07 Å². The van der Waals surface area contributed by atoms with E-state index < -0.39 is 17.4 Å². The second kappa shape index (κ2) is 4.03. The number of benzene rings is 1. The molecule has 92 valence electrons. The van der Waals surface area contributed by atoms with Crippen molar-refractivity contribution in [2.24, 2.45) is 0 Å². The number of H-pyrrole nitrogens is 1. The minimum atomic E-state index is -4.54. The number of nitrogens with one attached hydrogen (secondary N) is 1. The average Bonchev–Trinajstić information content (AvgIpc) is 2.73. The number of aromatic amines is 1. The molecule has 1 heterocycles. The maximum absolute atomic E-state index is 12.5. The first-order valence-corrected chi connectivity index (χ1v) is 4.67. The van der Waals surface area contributed by atoms with Crippen molar-refractivity contribution < 1.29 is 13.2 Å². The molecule has 0 saturated heterocycles. The molecular formula is C10H5F3N4O. The minimum absolute atomic E-state index is 0.0456. The van der Waals surface area contributed by atoms with Gasteiger partial charge in [0.15, 0.2) is 0 Å². The van der Waals surface area contributed by atoms with Crippen molar-refractivity contribution in [2.45, 2.75) is 6.18 Å². The zero-order valence-electron chi connectivity index (χ0n) is 8.69. The number of nitrogens with zero attached hydrogens (tertiary/aromatic N) is 3. The Hall–Kier alpha value is -2.56. The molecule has 0 aliphatic carbocycles. The first-order valence-electron chi connectivity index (χ1n) is 4.67. The van der Waals surface area contributed by atoms with Crippen molar-refractivity contribution in [1.29, 1.82) is 5.26 Å². The van der Waals surface area contributed by atoms with Crippen LogP contribution in [0, 0.1) is 11.3 Å². The lowest BCUT2D eigenvalue weighted by atomic mass is 10.1. The lowest BCUT2D eigenvalue weighted by molar-refractivity contribution is -0.137. The van der Waals surface area contributed by atoms with Gasteiger partial charge in [-0.05, 0) is 18.2 Å². The maximum Gasteiger partial charge on any atom is 0.416 e. The summed E-state index contributed by atoms with van der Waals surface area (Å²) < 4.78 is 38.3. The molecular weight excluding hydrogens is 249 g/mol. The van der Waals surface area contributed by atoms with Crippen LogP contribution in [0.25, 0.3) is 5.69 Å². The first-order chi connectivity index (χ1) is 8.43. The summed E-state index contributed by atoms with van der Waals surface area (Å²) in [6, 6.07) is 4.17. The Bertz CT molecular complexity index is 677. The van der Waals surface area contributed by atoms with E-state index in [1.807, 2.05) is 0 Å². The molecule has 0 unspecified atom stereocenters. The number of hydrogen-bond donors (Lipinski definition) is 1. The highest BCUT2D eigenvalue weighted by molar-refractivity contribution is 5.50. The molecule has 1 aromatic heterocycles. The Morgan fingerprint density at radius 2 is 2.11 bits per heavy atom. The summed E-state index contributed by atoms with van der Waals surface area (Å²) in [7, 11) is 0. The van der Waals surface area contributed by atoms with Crippen LogP contribution < -0.4 is 5.69 Å². The molecule has 0 spiro atoms. The largest absolute Gasteiger partial charge is 0.416 e. The maximum atomic E-state index is 12.5. The number of hydrogen-bond acceptors (Lipinski definition) is 3. The van der Waals surface area contributed by atoms with Gasteiger partial charge >= 0.3 is 11.9 Å². The Morgan fingerprint density at radius 1 is 1.39 bits per heavy atom. The van der Waals surface area contributed by atoms with E-state index in [1.165, 1.54) is 0 Å². The normalized spacial score (nSPS) is 11.2. The number of nitriles is 1. The molecule has 1 N–H and O–H groups in total. The lowest BCUT2D eigenvalue weighted by Gasteiger charge is -2.09. The van der Waals surface area contributed by atoms with Crippen molar-refractivity contribution in [3.8, 4) is 11.8 Å². The Morgan fingerprint density at radius 3 is 2.61 bits per heavy atom. The Kier molecular flexibility index (Phi) is 2.67. The van der Waals surface area contributed by atoms with E-state index in [9.17, 15) is 18.0 Å². The van der Waals surface area contributed by atoms with Crippen molar-refractivity contribution >= 4 is 0 Å². The van der Waals surface area contributed by atoms with Gasteiger partial charge in [-0.1, -0.05) is 0 Å². The predicted molar refractivity (Wildman–Crippen MR) is 53.9 cm³/mol. The van der Waals surface area contributed by atoms with E-state index in [2.05, 4.69) is 10.2 Å². The minimum Gasteiger partial charge on any atom is -0.248 e. The zero-order valence-corrected chi connectivity index (χ0v) is 8.69. The average molecular weight is 254 g/mol. The van der Waals surface area contributed by atoms with Gasteiger partial charge in [0.2, 0.25) is 0 Å². The van der Waals surface area contributed by atoms with Gasteiger partial charge in [0.25, 0.3) is 0 Å². The number of alkyl halides is 3. The molecule has 18 heavy (non-hydrogen) atoms. The predicted octanol–water partition coefficient (Wildman–Crippen LogP) is 1.45. The van der Waals surface area contributed by atoms with Gasteiger partial charge in [-0.2, -0.15) is 23.5 Å². The number of rotatable bonds is 1. The number of halogens is 3. The second-order valence-electron chi connectivity index (χ2n) is 3.37. The summed E-state index contributed by atoms with van der Waals surface area (Å²) >= 11 is 0. The molecule has 0 saturated carbocycles. The van der Waals surface area contributed by atoms with E-state index in [0.717, 1.165) is 23.0 Å². The highest BCUT2D eigenvalue weighted by atomic mass is 19.4. The Balaban J connectivity index is 2.63. The molecule has 1 aromatic carbocycles. The molecule has 8 heteroatoms. The van der Waals surface area contributed by atoms with Gasteiger partial charge in [0.1, 0.15) is 12.4 Å². The zero-order chi connectivity index (χ0) is 13.3. The summed E-state index contributed by atoms with van der Waals surface area (Å²) in [5.41, 5.74) is -1.79. The molecule has 0 bridgehead atoms. The molecule has 2 aromatic rings. The van der Waals surface area contributed by atoms with E-state index in [4.69, 9.17) is 5.26 Å². The fraction of sp³-hybridized carbons (Fsp3) is 0.100. The van der Waals surface area contributed by atoms with E-state index in [0.29, 0.717) is 6.07 Å². The molecule has 0 radical (unpaired) electrons. The van der Waals surface area contributed by atoms with Crippen molar-refractivity contribution in [3.05, 3.63) is 46.1 Å².